The zero-order valence-electron chi connectivity index (χ0n) is 8.93. The zero-order chi connectivity index (χ0) is 11.8. The molecular weight excluding hydrogens is 222 g/mol. The number of nitrogen functional groups attached to an aromatic ring is 1. The Bertz CT molecular complexity index is 541. The van der Waals surface area contributed by atoms with Crippen molar-refractivity contribution < 1.29 is 9.32 Å². The molecule has 0 spiro atoms. The minimum Gasteiger partial charge on any atom is -0.395 e. The Morgan fingerprint density at radius 3 is 3.06 bits per heavy atom. The molecule has 17 heavy (non-hydrogen) atoms. The Hall–Kier alpha value is -2.31. The molecule has 0 aromatic carbocycles. The predicted molar refractivity (Wildman–Crippen MR) is 59.4 cm³/mol. The quantitative estimate of drug-likeness (QED) is 0.735. The van der Waals surface area contributed by atoms with Gasteiger partial charge in [0, 0.05) is 5.92 Å². The normalized spacial score (nSPS) is 14.8. The van der Waals surface area contributed by atoms with Crippen molar-refractivity contribution in [2.45, 2.75) is 18.8 Å². The van der Waals surface area contributed by atoms with Crippen LogP contribution in [0.3, 0.4) is 0 Å². The minimum atomic E-state index is -0.367. The molecule has 4 N–H and O–H groups in total. The van der Waals surface area contributed by atoms with Gasteiger partial charge >= 0.3 is 0 Å². The predicted octanol–water partition coefficient (Wildman–Crippen LogP) is 1.11. The molecule has 1 aliphatic carbocycles. The van der Waals surface area contributed by atoms with E-state index in [1.54, 1.807) is 0 Å². The third kappa shape index (κ3) is 1.75. The third-order valence-corrected chi connectivity index (χ3v) is 2.72. The number of hydrogen-bond donors (Lipinski definition) is 3. The number of nitrogens with zero attached hydrogens (tertiary/aromatic N) is 2. The van der Waals surface area contributed by atoms with Gasteiger partial charge < -0.3 is 15.6 Å². The van der Waals surface area contributed by atoms with Gasteiger partial charge in [-0.15, -0.1) is 0 Å². The summed E-state index contributed by atoms with van der Waals surface area (Å²) in [6.45, 7) is 0. The van der Waals surface area contributed by atoms with E-state index in [-0.39, 0.29) is 11.6 Å². The molecule has 2 aromatic rings. The first-order valence-electron chi connectivity index (χ1n) is 5.30. The summed E-state index contributed by atoms with van der Waals surface area (Å²) in [7, 11) is 0. The number of carbonyl (C=O) groups excluding carboxylic acids is 1. The summed E-state index contributed by atoms with van der Waals surface area (Å²) >= 11 is 0. The monoisotopic (exact) mass is 233 g/mol. The highest BCUT2D eigenvalue weighted by molar-refractivity contribution is 6.06. The van der Waals surface area contributed by atoms with Crippen LogP contribution in [0.1, 0.15) is 34.9 Å². The second-order valence-corrected chi connectivity index (χ2v) is 4.04. The molecule has 1 amide bonds. The van der Waals surface area contributed by atoms with Gasteiger partial charge in [-0.2, -0.15) is 5.10 Å². The van der Waals surface area contributed by atoms with Crippen LogP contribution in [0, 0.1) is 0 Å². The molecule has 7 heteroatoms. The molecule has 0 atom stereocenters. The lowest BCUT2D eigenvalue weighted by Gasteiger charge is -1.99. The summed E-state index contributed by atoms with van der Waals surface area (Å²) in [5.41, 5.74) is 7.87. The molecule has 88 valence electrons. The van der Waals surface area contributed by atoms with Crippen LogP contribution in [-0.2, 0) is 0 Å². The summed E-state index contributed by atoms with van der Waals surface area (Å²) in [6.07, 6.45) is 4.93. The number of hydrogen-bond acceptors (Lipinski definition) is 5. The van der Waals surface area contributed by atoms with Crippen LogP contribution in [0.4, 0.5) is 11.4 Å². The Kier molecular flexibility index (Phi) is 2.10. The van der Waals surface area contributed by atoms with Crippen LogP contribution in [0.25, 0.3) is 0 Å². The topological polar surface area (TPSA) is 110 Å². The van der Waals surface area contributed by atoms with Crippen LogP contribution < -0.4 is 11.1 Å². The first kappa shape index (κ1) is 9.88. The highest BCUT2D eigenvalue weighted by atomic mass is 16.5. The molecule has 0 bridgehead atoms. The van der Waals surface area contributed by atoms with Crippen molar-refractivity contribution >= 4 is 17.3 Å². The van der Waals surface area contributed by atoms with Gasteiger partial charge in [-0.25, -0.2) is 0 Å². The van der Waals surface area contributed by atoms with Crippen molar-refractivity contribution in [2.24, 2.45) is 0 Å². The van der Waals surface area contributed by atoms with E-state index in [1.165, 1.54) is 12.5 Å². The van der Waals surface area contributed by atoms with Crippen LogP contribution in [0.2, 0.25) is 0 Å². The van der Waals surface area contributed by atoms with E-state index in [0.717, 1.165) is 18.5 Å². The molecule has 0 unspecified atom stereocenters. The maximum Gasteiger partial charge on any atom is 0.278 e. The van der Waals surface area contributed by atoms with E-state index in [2.05, 4.69) is 25.2 Å². The Morgan fingerprint density at radius 1 is 1.59 bits per heavy atom. The largest absolute Gasteiger partial charge is 0.395 e. The van der Waals surface area contributed by atoms with Crippen molar-refractivity contribution in [3.8, 4) is 0 Å². The molecule has 1 saturated carbocycles. The van der Waals surface area contributed by atoms with Crippen molar-refractivity contribution in [3.05, 3.63) is 23.8 Å². The van der Waals surface area contributed by atoms with Crippen LogP contribution in [-0.4, -0.2) is 21.3 Å². The summed E-state index contributed by atoms with van der Waals surface area (Å²) in [5.74, 6) is 0.0634. The highest BCUT2D eigenvalue weighted by Gasteiger charge is 2.30. The number of amides is 1. The van der Waals surface area contributed by atoms with Crippen LogP contribution in [0.5, 0.6) is 0 Å². The summed E-state index contributed by atoms with van der Waals surface area (Å²) in [4.78, 5) is 11.8. The molecule has 2 heterocycles. The van der Waals surface area contributed by atoms with Crippen molar-refractivity contribution in [2.75, 3.05) is 11.1 Å². The molecule has 2 aromatic heterocycles. The van der Waals surface area contributed by atoms with Crippen molar-refractivity contribution in [3.63, 3.8) is 0 Å². The van der Waals surface area contributed by atoms with Gasteiger partial charge in [0.15, 0.2) is 5.69 Å². The van der Waals surface area contributed by atoms with Crippen molar-refractivity contribution in [1.82, 2.24) is 15.4 Å². The SMILES string of the molecule is Nc1c(C(=O)Nc2cnoc2)n[nH]c1C1CC1. The fourth-order valence-corrected chi connectivity index (χ4v) is 1.68. The third-order valence-electron chi connectivity index (χ3n) is 2.72. The van der Waals surface area contributed by atoms with Gasteiger partial charge in [0.05, 0.1) is 17.6 Å². The average Bonchev–Trinajstić information content (AvgIpc) is 2.88. The first-order valence-corrected chi connectivity index (χ1v) is 5.30. The Balaban J connectivity index is 1.81. The molecule has 7 nitrogen and oxygen atoms in total. The smallest absolute Gasteiger partial charge is 0.278 e. The summed E-state index contributed by atoms with van der Waals surface area (Å²) in [6, 6.07) is 0. The van der Waals surface area contributed by atoms with Crippen LogP contribution >= 0.6 is 0 Å². The number of H-pyrrole nitrogens is 1. The lowest BCUT2D eigenvalue weighted by atomic mass is 10.2. The fraction of sp³-hybridized carbons (Fsp3) is 0.300. The van der Waals surface area contributed by atoms with E-state index in [1.807, 2.05) is 0 Å². The Labute approximate surface area is 96.4 Å². The van der Waals surface area contributed by atoms with Gasteiger partial charge in [0.2, 0.25) is 0 Å². The molecule has 3 rings (SSSR count). The van der Waals surface area contributed by atoms with Gasteiger partial charge in [-0.3, -0.25) is 9.89 Å². The Morgan fingerprint density at radius 2 is 2.41 bits per heavy atom. The fourth-order valence-electron chi connectivity index (χ4n) is 1.68. The number of nitrogens with two attached hydrogens (primary N) is 1. The number of aromatic nitrogens is 3. The lowest BCUT2D eigenvalue weighted by Crippen LogP contribution is -2.13. The number of anilines is 2. The minimum absolute atomic E-state index is 0.216. The second-order valence-electron chi connectivity index (χ2n) is 4.04. The highest BCUT2D eigenvalue weighted by Crippen LogP contribution is 2.42. The van der Waals surface area contributed by atoms with E-state index < -0.39 is 0 Å². The van der Waals surface area contributed by atoms with Crippen LogP contribution in [0.15, 0.2) is 17.0 Å². The van der Waals surface area contributed by atoms with E-state index >= 15 is 0 Å². The molecular formula is C10H11N5O2. The van der Waals surface area contributed by atoms with Crippen molar-refractivity contribution in [1.29, 1.82) is 0 Å². The molecule has 1 aliphatic rings. The van der Waals surface area contributed by atoms with Gasteiger partial charge in [0.25, 0.3) is 5.91 Å². The van der Waals surface area contributed by atoms with E-state index in [4.69, 9.17) is 5.73 Å². The van der Waals surface area contributed by atoms with Gasteiger partial charge in [0.1, 0.15) is 12.0 Å². The zero-order valence-corrected chi connectivity index (χ0v) is 8.93. The standard InChI is InChI=1S/C10H11N5O2/c11-7-8(5-1-2-5)14-15-9(7)10(16)13-6-3-12-17-4-6/h3-5H,1-2,11H2,(H,13,16)(H,14,15). The number of rotatable bonds is 3. The summed E-state index contributed by atoms with van der Waals surface area (Å²) in [5, 5.41) is 12.8. The second kappa shape index (κ2) is 3.62. The number of carbonyl (C=O) groups is 1. The maximum atomic E-state index is 11.8. The summed E-state index contributed by atoms with van der Waals surface area (Å²) < 4.78 is 4.61. The van der Waals surface area contributed by atoms with Gasteiger partial charge in [-0.05, 0) is 12.8 Å². The van der Waals surface area contributed by atoms with Gasteiger partial charge in [-0.1, -0.05) is 5.16 Å². The molecule has 0 aliphatic heterocycles. The first-order chi connectivity index (χ1) is 8.25. The maximum absolute atomic E-state index is 11.8. The van der Waals surface area contributed by atoms with E-state index in [9.17, 15) is 4.79 Å². The molecule has 0 radical (unpaired) electrons. The molecule has 0 saturated heterocycles. The van der Waals surface area contributed by atoms with E-state index in [0.29, 0.717) is 17.3 Å². The molecule has 1 fully saturated rings. The number of nitrogens with one attached hydrogen (secondary N) is 2. The number of aromatic amines is 1. The average molecular weight is 233 g/mol. The lowest BCUT2D eigenvalue weighted by molar-refractivity contribution is 0.102.